The molecule has 0 atom stereocenters. The van der Waals surface area contributed by atoms with E-state index in [0.717, 1.165) is 10.2 Å². The largest absolute Gasteiger partial charge is 0.312 e. The third-order valence-electron chi connectivity index (χ3n) is 4.81. The molecule has 0 fully saturated rings. The molecule has 0 saturated carbocycles. The second-order valence-corrected chi connectivity index (χ2v) is 10.6. The van der Waals surface area contributed by atoms with Gasteiger partial charge in [0, 0.05) is 18.0 Å². The van der Waals surface area contributed by atoms with Gasteiger partial charge in [0.05, 0.1) is 20.9 Å². The fraction of sp³-hybridized carbons (Fsp3) is 0.273. The second kappa shape index (κ2) is 9.29. The van der Waals surface area contributed by atoms with Crippen LogP contribution in [0.1, 0.15) is 24.0 Å². The highest BCUT2D eigenvalue weighted by Crippen LogP contribution is 2.22. The lowest BCUT2D eigenvalue weighted by atomic mass is 10.1. The van der Waals surface area contributed by atoms with Crippen LogP contribution >= 0.6 is 22.9 Å². The average molecular weight is 463 g/mol. The number of fused-ring (bicyclic) bond motifs is 1. The van der Waals surface area contributed by atoms with E-state index in [1.807, 2.05) is 11.5 Å². The highest BCUT2D eigenvalue weighted by Gasteiger charge is 2.15. The van der Waals surface area contributed by atoms with Crippen LogP contribution in [0.5, 0.6) is 0 Å². The van der Waals surface area contributed by atoms with Gasteiger partial charge in [0.2, 0.25) is 5.91 Å². The van der Waals surface area contributed by atoms with E-state index >= 15 is 0 Å². The van der Waals surface area contributed by atoms with Gasteiger partial charge in [0.1, 0.15) is 0 Å². The van der Waals surface area contributed by atoms with E-state index in [-0.39, 0.29) is 29.4 Å². The van der Waals surface area contributed by atoms with Gasteiger partial charge in [-0.25, -0.2) is 8.42 Å². The second-order valence-electron chi connectivity index (χ2n) is 7.07. The molecule has 0 aliphatic carbocycles. The average Bonchev–Trinajstić information content (AvgIpc) is 2.99. The summed E-state index contributed by atoms with van der Waals surface area (Å²) in [7, 11) is -3.46. The molecule has 1 amide bonds. The highest BCUT2D eigenvalue weighted by atomic mass is 35.5. The minimum Gasteiger partial charge on any atom is -0.312 e. The molecule has 0 aliphatic heterocycles. The lowest BCUT2D eigenvalue weighted by Crippen LogP contribution is -2.16. The first-order valence-corrected chi connectivity index (χ1v) is 12.3. The van der Waals surface area contributed by atoms with Crippen LogP contribution in [0.15, 0.2) is 58.9 Å². The number of allylic oxidation sites excluding steroid dienone is 1. The Bertz CT molecular complexity index is 1270. The Hall–Kier alpha value is -2.22. The third kappa shape index (κ3) is 5.09. The number of benzene rings is 2. The molecule has 1 heterocycles. The Kier molecular flexibility index (Phi) is 6.95. The van der Waals surface area contributed by atoms with Gasteiger partial charge < -0.3 is 4.57 Å². The summed E-state index contributed by atoms with van der Waals surface area (Å²) in [6, 6.07) is 10.2. The first-order chi connectivity index (χ1) is 14.2. The van der Waals surface area contributed by atoms with Gasteiger partial charge in [-0.3, -0.25) is 4.79 Å². The van der Waals surface area contributed by atoms with Crippen LogP contribution in [-0.2, 0) is 21.2 Å². The molecule has 0 aliphatic rings. The smallest absolute Gasteiger partial charge is 0.248 e. The Morgan fingerprint density at radius 2 is 1.87 bits per heavy atom. The summed E-state index contributed by atoms with van der Waals surface area (Å²) in [6.45, 7) is 8.44. The van der Waals surface area contributed by atoms with Crippen molar-refractivity contribution in [3.05, 3.63) is 70.0 Å². The number of thiazole rings is 1. The summed E-state index contributed by atoms with van der Waals surface area (Å²) < 4.78 is 27.8. The van der Waals surface area contributed by atoms with Crippen molar-refractivity contribution in [1.82, 2.24) is 4.57 Å². The number of amides is 1. The zero-order valence-electron chi connectivity index (χ0n) is 16.9. The first kappa shape index (κ1) is 22.5. The van der Waals surface area contributed by atoms with E-state index in [2.05, 4.69) is 30.6 Å². The van der Waals surface area contributed by atoms with Crippen LogP contribution in [0.4, 0.5) is 0 Å². The van der Waals surface area contributed by atoms with Crippen molar-refractivity contribution in [2.45, 2.75) is 38.1 Å². The van der Waals surface area contributed by atoms with Gasteiger partial charge in [-0.15, -0.1) is 6.58 Å². The molecule has 1 aromatic heterocycles. The molecule has 0 unspecified atom stereocenters. The minimum absolute atomic E-state index is 0.0627. The van der Waals surface area contributed by atoms with Gasteiger partial charge >= 0.3 is 0 Å². The van der Waals surface area contributed by atoms with Crippen molar-refractivity contribution in [2.75, 3.05) is 5.75 Å². The first-order valence-electron chi connectivity index (χ1n) is 9.48. The molecular formula is C22H23ClN2O3S2. The van der Waals surface area contributed by atoms with Gasteiger partial charge in [-0.2, -0.15) is 4.99 Å². The SMILES string of the molecule is C=CCn1c(=NC(=O)CCCS(=O)(=O)c2ccc(Cl)cc2)sc2cc(C)c(C)cc21. The predicted octanol–water partition coefficient (Wildman–Crippen LogP) is 4.84. The van der Waals surface area contributed by atoms with Crippen molar-refractivity contribution in [3.63, 3.8) is 0 Å². The number of aryl methyl sites for hydroxylation is 2. The maximum Gasteiger partial charge on any atom is 0.248 e. The van der Waals surface area contributed by atoms with Gasteiger partial charge in [0.15, 0.2) is 14.6 Å². The standard InChI is InChI=1S/C22H23ClN2O3S2/c1-4-11-25-19-13-15(2)16(3)14-20(19)29-22(25)24-21(26)6-5-12-30(27,28)18-9-7-17(23)8-10-18/h4,7-10,13-14H,1,5-6,11-12H2,2-3H3. The molecule has 158 valence electrons. The van der Waals surface area contributed by atoms with Crippen LogP contribution in [-0.4, -0.2) is 24.6 Å². The van der Waals surface area contributed by atoms with Crippen molar-refractivity contribution < 1.29 is 13.2 Å². The van der Waals surface area contributed by atoms with Gasteiger partial charge in [-0.1, -0.05) is 29.0 Å². The predicted molar refractivity (Wildman–Crippen MR) is 123 cm³/mol. The van der Waals surface area contributed by atoms with E-state index in [1.54, 1.807) is 6.08 Å². The maximum absolute atomic E-state index is 12.4. The van der Waals surface area contributed by atoms with E-state index in [0.29, 0.717) is 16.4 Å². The van der Waals surface area contributed by atoms with E-state index in [9.17, 15) is 13.2 Å². The van der Waals surface area contributed by atoms with Crippen molar-refractivity contribution in [1.29, 1.82) is 0 Å². The number of rotatable bonds is 7. The van der Waals surface area contributed by atoms with Crippen LogP contribution in [0, 0.1) is 13.8 Å². The van der Waals surface area contributed by atoms with E-state index in [4.69, 9.17) is 11.6 Å². The molecule has 0 saturated heterocycles. The Morgan fingerprint density at radius 1 is 1.20 bits per heavy atom. The fourth-order valence-corrected chi connectivity index (χ4v) is 5.62. The van der Waals surface area contributed by atoms with Crippen LogP contribution in [0.3, 0.4) is 0 Å². The highest BCUT2D eigenvalue weighted by molar-refractivity contribution is 7.91. The summed E-state index contributed by atoms with van der Waals surface area (Å²) in [5.41, 5.74) is 3.36. The normalized spacial score (nSPS) is 12.4. The number of sulfone groups is 1. The molecule has 30 heavy (non-hydrogen) atoms. The van der Waals surface area contributed by atoms with Crippen molar-refractivity contribution in [2.24, 2.45) is 4.99 Å². The molecule has 2 aromatic carbocycles. The summed E-state index contributed by atoms with van der Waals surface area (Å²) in [5.74, 6) is -0.452. The summed E-state index contributed by atoms with van der Waals surface area (Å²) >= 11 is 7.26. The minimum atomic E-state index is -3.46. The number of hydrogen-bond donors (Lipinski definition) is 0. The molecular weight excluding hydrogens is 440 g/mol. The lowest BCUT2D eigenvalue weighted by Gasteiger charge is -2.04. The topological polar surface area (TPSA) is 68.5 Å². The van der Waals surface area contributed by atoms with Crippen LogP contribution < -0.4 is 4.80 Å². The summed E-state index contributed by atoms with van der Waals surface area (Å²) in [5, 5.41) is 0.476. The van der Waals surface area contributed by atoms with Crippen molar-refractivity contribution >= 4 is 48.9 Å². The monoisotopic (exact) mass is 462 g/mol. The molecule has 0 spiro atoms. The molecule has 0 N–H and O–H groups in total. The molecule has 5 nitrogen and oxygen atoms in total. The van der Waals surface area contributed by atoms with Crippen LogP contribution in [0.2, 0.25) is 5.02 Å². The van der Waals surface area contributed by atoms with Crippen molar-refractivity contribution in [3.8, 4) is 0 Å². The fourth-order valence-electron chi connectivity index (χ4n) is 3.05. The summed E-state index contributed by atoms with van der Waals surface area (Å²) in [4.78, 5) is 17.5. The van der Waals surface area contributed by atoms with Crippen LogP contribution in [0.25, 0.3) is 10.2 Å². The number of aromatic nitrogens is 1. The summed E-state index contributed by atoms with van der Waals surface area (Å²) in [6.07, 6.45) is 2.04. The zero-order chi connectivity index (χ0) is 21.9. The Labute approximate surface area is 185 Å². The molecule has 3 aromatic rings. The zero-order valence-corrected chi connectivity index (χ0v) is 19.3. The van der Waals surface area contributed by atoms with Gasteiger partial charge in [0.25, 0.3) is 0 Å². The Morgan fingerprint density at radius 3 is 2.53 bits per heavy atom. The molecule has 0 radical (unpaired) electrons. The number of halogens is 1. The number of carbonyl (C=O) groups excluding carboxylic acids is 1. The molecule has 0 bridgehead atoms. The molecule has 3 rings (SSSR count). The van der Waals surface area contributed by atoms with Gasteiger partial charge in [-0.05, 0) is 67.8 Å². The Balaban J connectivity index is 1.77. The lowest BCUT2D eigenvalue weighted by molar-refractivity contribution is -0.118. The van der Waals surface area contributed by atoms with E-state index < -0.39 is 9.84 Å². The number of nitrogens with zero attached hydrogens (tertiary/aromatic N) is 2. The third-order valence-corrected chi connectivity index (χ3v) is 7.92. The number of hydrogen-bond acceptors (Lipinski definition) is 4. The quantitative estimate of drug-likeness (QED) is 0.472. The maximum atomic E-state index is 12.4. The van der Waals surface area contributed by atoms with E-state index in [1.165, 1.54) is 46.7 Å². The molecule has 8 heteroatoms. The number of carbonyl (C=O) groups is 1.